The van der Waals surface area contributed by atoms with E-state index < -0.39 is 0 Å². The normalized spacial score (nSPS) is 13.8. The van der Waals surface area contributed by atoms with Crippen LogP contribution in [0.25, 0.3) is 0 Å². The molecule has 0 fully saturated rings. The molecule has 13 heavy (non-hydrogen) atoms. The van der Waals surface area contributed by atoms with E-state index in [1.54, 1.807) is 0 Å². The van der Waals surface area contributed by atoms with Crippen molar-refractivity contribution < 1.29 is 0 Å². The topological polar surface area (TPSA) is 0 Å². The van der Waals surface area contributed by atoms with Gasteiger partial charge in [0.15, 0.2) is 0 Å². The summed E-state index contributed by atoms with van der Waals surface area (Å²) in [5.74, 6) is 0. The third kappa shape index (κ3) is 8.83. The van der Waals surface area contributed by atoms with Gasteiger partial charge in [-0.15, -0.1) is 11.6 Å². The minimum Gasteiger partial charge on any atom is -0.120 e. The minimum atomic E-state index is -0.0654. The SMILES string of the molecule is C[Si](C)CCC(C)(C)CC(C)(C)Cl. The standard InChI is InChI=1S/C11H24ClSi/c1-10(2,7-8-13(5)6)9-11(3,4)12/h7-9H2,1-6H3. The Labute approximate surface area is 90.7 Å². The maximum atomic E-state index is 6.24. The van der Waals surface area contributed by atoms with E-state index in [9.17, 15) is 0 Å². The first-order valence-corrected chi connectivity index (χ1v) is 8.19. The summed E-state index contributed by atoms with van der Waals surface area (Å²) < 4.78 is 0. The molecule has 0 aromatic heterocycles. The van der Waals surface area contributed by atoms with Crippen LogP contribution >= 0.6 is 11.6 Å². The maximum absolute atomic E-state index is 6.24. The second-order valence-electron chi connectivity index (χ2n) is 5.77. The van der Waals surface area contributed by atoms with Crippen molar-refractivity contribution in [3.63, 3.8) is 0 Å². The van der Waals surface area contributed by atoms with E-state index in [1.807, 2.05) is 0 Å². The summed E-state index contributed by atoms with van der Waals surface area (Å²) in [6.07, 6.45) is 2.43. The molecule has 0 heterocycles. The maximum Gasteiger partial charge on any atom is 0.0413 e. The molecule has 0 aliphatic heterocycles. The van der Waals surface area contributed by atoms with E-state index in [0.717, 1.165) is 6.42 Å². The fraction of sp³-hybridized carbons (Fsp3) is 1.00. The summed E-state index contributed by atoms with van der Waals surface area (Å²) in [7, 11) is -0.0654. The fourth-order valence-corrected chi connectivity index (χ4v) is 3.35. The van der Waals surface area contributed by atoms with Gasteiger partial charge >= 0.3 is 0 Å². The van der Waals surface area contributed by atoms with Crippen LogP contribution in [0, 0.1) is 5.41 Å². The molecule has 0 N–H and O–H groups in total. The number of hydrogen-bond acceptors (Lipinski definition) is 0. The Morgan fingerprint density at radius 3 is 1.85 bits per heavy atom. The summed E-state index contributed by atoms with van der Waals surface area (Å²) in [4.78, 5) is -0.0438. The van der Waals surface area contributed by atoms with Crippen molar-refractivity contribution in [1.29, 1.82) is 0 Å². The van der Waals surface area contributed by atoms with Crippen molar-refractivity contribution in [2.45, 2.75) is 64.5 Å². The van der Waals surface area contributed by atoms with E-state index in [-0.39, 0.29) is 13.7 Å². The van der Waals surface area contributed by atoms with Crippen LogP contribution in [0.3, 0.4) is 0 Å². The third-order valence-electron chi connectivity index (χ3n) is 2.20. The highest BCUT2D eigenvalue weighted by Gasteiger charge is 2.26. The van der Waals surface area contributed by atoms with Crippen LogP contribution in [0.4, 0.5) is 0 Å². The Balaban J connectivity index is 3.94. The molecule has 0 aromatic carbocycles. The van der Waals surface area contributed by atoms with Gasteiger partial charge in [0, 0.05) is 13.7 Å². The van der Waals surface area contributed by atoms with E-state index in [2.05, 4.69) is 40.8 Å². The van der Waals surface area contributed by atoms with Gasteiger partial charge < -0.3 is 0 Å². The molecule has 0 saturated carbocycles. The lowest BCUT2D eigenvalue weighted by Gasteiger charge is -2.31. The molecule has 0 unspecified atom stereocenters. The zero-order valence-corrected chi connectivity index (χ0v) is 11.8. The molecule has 2 heteroatoms. The molecule has 79 valence electrons. The first-order chi connectivity index (χ1) is 5.62. The van der Waals surface area contributed by atoms with Crippen molar-refractivity contribution in [2.24, 2.45) is 5.41 Å². The largest absolute Gasteiger partial charge is 0.120 e. The lowest BCUT2D eigenvalue weighted by atomic mass is 9.81. The average Bonchev–Trinajstić information content (AvgIpc) is 1.78. The molecule has 0 atom stereocenters. The summed E-state index contributed by atoms with van der Waals surface area (Å²) in [6.45, 7) is 13.7. The Kier molecular flexibility index (Phi) is 5.02. The van der Waals surface area contributed by atoms with Crippen LogP contribution in [0.1, 0.15) is 40.5 Å². The van der Waals surface area contributed by atoms with Crippen molar-refractivity contribution in [1.82, 2.24) is 0 Å². The van der Waals surface area contributed by atoms with E-state index in [1.165, 1.54) is 12.5 Å². The quantitative estimate of drug-likeness (QED) is 0.470. The minimum absolute atomic E-state index is 0.0438. The summed E-state index contributed by atoms with van der Waals surface area (Å²) >= 11 is 6.24. The van der Waals surface area contributed by atoms with Crippen LogP contribution < -0.4 is 0 Å². The van der Waals surface area contributed by atoms with Gasteiger partial charge in [-0.2, -0.15) is 0 Å². The zero-order chi connectivity index (χ0) is 10.7. The second-order valence-corrected chi connectivity index (χ2v) is 9.70. The first-order valence-electron chi connectivity index (χ1n) is 5.10. The van der Waals surface area contributed by atoms with E-state index in [4.69, 9.17) is 11.6 Å². The molecule has 0 saturated heterocycles. The number of alkyl halides is 1. The highest BCUT2D eigenvalue weighted by atomic mass is 35.5. The van der Waals surface area contributed by atoms with Gasteiger partial charge in [-0.25, -0.2) is 0 Å². The highest BCUT2D eigenvalue weighted by molar-refractivity contribution is 6.55. The van der Waals surface area contributed by atoms with Crippen LogP contribution in [0.2, 0.25) is 19.1 Å². The monoisotopic (exact) mass is 219 g/mol. The molecule has 1 radical (unpaired) electrons. The van der Waals surface area contributed by atoms with Gasteiger partial charge in [0.2, 0.25) is 0 Å². The predicted octanol–water partition coefficient (Wildman–Crippen LogP) is 4.56. The van der Waals surface area contributed by atoms with Gasteiger partial charge in [0.1, 0.15) is 0 Å². The molecule has 0 rings (SSSR count). The van der Waals surface area contributed by atoms with Gasteiger partial charge in [-0.1, -0.05) is 39.4 Å². The Morgan fingerprint density at radius 1 is 1.08 bits per heavy atom. The lowest BCUT2D eigenvalue weighted by molar-refractivity contribution is 0.289. The van der Waals surface area contributed by atoms with E-state index >= 15 is 0 Å². The number of hydrogen-bond donors (Lipinski definition) is 0. The number of rotatable bonds is 5. The Bertz CT molecular complexity index is 145. The van der Waals surface area contributed by atoms with Crippen LogP contribution in [-0.2, 0) is 0 Å². The van der Waals surface area contributed by atoms with E-state index in [0.29, 0.717) is 5.41 Å². The van der Waals surface area contributed by atoms with Gasteiger partial charge in [-0.3, -0.25) is 0 Å². The van der Waals surface area contributed by atoms with Crippen molar-refractivity contribution >= 4 is 20.4 Å². The summed E-state index contributed by atoms with van der Waals surface area (Å²) in [5, 5.41) is 0. The van der Waals surface area contributed by atoms with Gasteiger partial charge in [0.05, 0.1) is 0 Å². The van der Waals surface area contributed by atoms with Crippen molar-refractivity contribution in [2.75, 3.05) is 0 Å². The highest BCUT2D eigenvalue weighted by Crippen LogP contribution is 2.35. The second kappa shape index (κ2) is 4.84. The third-order valence-corrected chi connectivity index (χ3v) is 3.58. The Hall–Kier alpha value is 0.507. The summed E-state index contributed by atoms with van der Waals surface area (Å²) in [5.41, 5.74) is 0.410. The average molecular weight is 220 g/mol. The molecular weight excluding hydrogens is 196 g/mol. The first kappa shape index (κ1) is 13.5. The molecule has 0 aliphatic carbocycles. The lowest BCUT2D eigenvalue weighted by Crippen LogP contribution is -2.24. The Morgan fingerprint density at radius 2 is 1.54 bits per heavy atom. The molecule has 0 amide bonds. The zero-order valence-electron chi connectivity index (χ0n) is 10.00. The van der Waals surface area contributed by atoms with Crippen molar-refractivity contribution in [3.05, 3.63) is 0 Å². The van der Waals surface area contributed by atoms with Crippen molar-refractivity contribution in [3.8, 4) is 0 Å². The van der Waals surface area contributed by atoms with Crippen LogP contribution in [0.15, 0.2) is 0 Å². The smallest absolute Gasteiger partial charge is 0.0413 e. The molecule has 0 bridgehead atoms. The van der Waals surface area contributed by atoms with Gasteiger partial charge in [0.25, 0.3) is 0 Å². The van der Waals surface area contributed by atoms with Gasteiger partial charge in [-0.05, 0) is 25.7 Å². The number of halogens is 1. The molecule has 0 aliphatic rings. The fourth-order valence-electron chi connectivity index (χ4n) is 1.81. The van der Waals surface area contributed by atoms with Crippen LogP contribution in [0.5, 0.6) is 0 Å². The predicted molar refractivity (Wildman–Crippen MR) is 65.2 cm³/mol. The molecular formula is C11H24ClSi. The molecule has 0 spiro atoms. The summed E-state index contributed by atoms with van der Waals surface area (Å²) in [6, 6.07) is 1.41. The molecule has 0 nitrogen and oxygen atoms in total. The molecule has 0 aromatic rings. The van der Waals surface area contributed by atoms with Crippen LogP contribution in [-0.4, -0.2) is 13.7 Å².